The third kappa shape index (κ3) is 5.12. The molecule has 148 valence electrons. The van der Waals surface area contributed by atoms with Gasteiger partial charge in [-0.3, -0.25) is 25.2 Å². The number of hydrogen-bond acceptors (Lipinski definition) is 5. The van der Waals surface area contributed by atoms with Gasteiger partial charge in [-0.2, -0.15) is 0 Å². The average Bonchev–Trinajstić information content (AvgIpc) is 3.35. The van der Waals surface area contributed by atoms with Gasteiger partial charge in [0.25, 0.3) is 5.91 Å². The van der Waals surface area contributed by atoms with E-state index in [1.807, 2.05) is 25.1 Å². The molecule has 1 saturated heterocycles. The Morgan fingerprint density at radius 1 is 1.25 bits per heavy atom. The summed E-state index contributed by atoms with van der Waals surface area (Å²) >= 11 is 0. The highest BCUT2D eigenvalue weighted by Gasteiger charge is 2.34. The molecule has 1 aliphatic heterocycles. The maximum absolute atomic E-state index is 12.2. The average molecular weight is 385 g/mol. The predicted octanol–water partition coefficient (Wildman–Crippen LogP) is 1.42. The molecule has 0 aliphatic carbocycles. The Balaban J connectivity index is 1.41. The van der Waals surface area contributed by atoms with Crippen LogP contribution in [-0.2, 0) is 27.3 Å². The van der Waals surface area contributed by atoms with Crippen LogP contribution in [0.4, 0.5) is 0 Å². The van der Waals surface area contributed by atoms with Crippen molar-refractivity contribution in [3.8, 4) is 5.75 Å². The van der Waals surface area contributed by atoms with Crippen LogP contribution in [-0.4, -0.2) is 35.8 Å². The first-order chi connectivity index (χ1) is 13.5. The van der Waals surface area contributed by atoms with E-state index in [9.17, 15) is 14.4 Å². The van der Waals surface area contributed by atoms with Crippen LogP contribution < -0.4 is 15.6 Å². The molecule has 1 aromatic heterocycles. The predicted molar refractivity (Wildman–Crippen MR) is 99.8 cm³/mol. The summed E-state index contributed by atoms with van der Waals surface area (Å²) < 4.78 is 10.7. The number of nitrogens with zero attached hydrogens (tertiary/aromatic N) is 1. The van der Waals surface area contributed by atoms with Crippen LogP contribution in [0.1, 0.15) is 24.7 Å². The van der Waals surface area contributed by atoms with Crippen LogP contribution in [0, 0.1) is 5.92 Å². The minimum atomic E-state index is -0.523. The minimum absolute atomic E-state index is 0.0999. The lowest BCUT2D eigenvalue weighted by atomic mass is 10.1. The van der Waals surface area contributed by atoms with Gasteiger partial charge >= 0.3 is 0 Å². The summed E-state index contributed by atoms with van der Waals surface area (Å²) in [6.45, 7) is 2.42. The van der Waals surface area contributed by atoms with E-state index in [2.05, 4.69) is 10.9 Å². The molecule has 2 aromatic rings. The molecule has 2 N–H and O–H groups in total. The fraction of sp³-hybridized carbons (Fsp3) is 0.350. The van der Waals surface area contributed by atoms with E-state index in [0.29, 0.717) is 18.1 Å². The molecule has 0 radical (unpaired) electrons. The number of hydrogen-bond donors (Lipinski definition) is 2. The summed E-state index contributed by atoms with van der Waals surface area (Å²) in [4.78, 5) is 37.7. The van der Waals surface area contributed by atoms with Crippen molar-refractivity contribution in [2.24, 2.45) is 5.92 Å². The Hall–Kier alpha value is -3.29. The summed E-state index contributed by atoms with van der Waals surface area (Å²) in [5, 5.41) is 0. The maximum atomic E-state index is 12.2. The van der Waals surface area contributed by atoms with E-state index in [0.717, 1.165) is 12.0 Å². The quantitative estimate of drug-likeness (QED) is 0.702. The van der Waals surface area contributed by atoms with E-state index in [1.165, 1.54) is 6.26 Å². The second-order valence-electron chi connectivity index (χ2n) is 6.58. The van der Waals surface area contributed by atoms with Gasteiger partial charge < -0.3 is 14.1 Å². The summed E-state index contributed by atoms with van der Waals surface area (Å²) in [7, 11) is 0. The summed E-state index contributed by atoms with van der Waals surface area (Å²) in [5.41, 5.74) is 5.79. The molecular formula is C20H23N3O5. The molecule has 8 heteroatoms. The third-order valence-corrected chi connectivity index (χ3v) is 4.51. The standard InChI is InChI=1S/C20H23N3O5/c1-2-14-5-3-6-16(9-14)28-13-18(24)21-22-20(26)15-10-19(25)23(11-15)12-17-7-4-8-27-17/h3-9,15H,2,10-13H2,1H3,(H,21,24)(H,22,26). The second-order valence-corrected chi connectivity index (χ2v) is 6.58. The van der Waals surface area contributed by atoms with Crippen molar-refractivity contribution in [1.82, 2.24) is 15.8 Å². The van der Waals surface area contributed by atoms with Crippen LogP contribution in [0.5, 0.6) is 5.75 Å². The molecule has 1 aromatic carbocycles. The summed E-state index contributed by atoms with van der Waals surface area (Å²) in [5.74, 6) is -0.279. The van der Waals surface area contributed by atoms with Gasteiger partial charge in [-0.1, -0.05) is 19.1 Å². The van der Waals surface area contributed by atoms with Crippen molar-refractivity contribution in [2.45, 2.75) is 26.3 Å². The lowest BCUT2D eigenvalue weighted by Crippen LogP contribution is -2.46. The van der Waals surface area contributed by atoms with E-state index < -0.39 is 17.7 Å². The zero-order chi connectivity index (χ0) is 19.9. The van der Waals surface area contributed by atoms with Gasteiger partial charge in [-0.15, -0.1) is 0 Å². The normalized spacial score (nSPS) is 16.1. The number of ether oxygens (including phenoxy) is 1. The Morgan fingerprint density at radius 2 is 2.11 bits per heavy atom. The molecule has 1 aliphatic rings. The highest BCUT2D eigenvalue weighted by molar-refractivity contribution is 5.90. The van der Waals surface area contributed by atoms with Gasteiger partial charge in [-0.25, -0.2) is 0 Å². The van der Waals surface area contributed by atoms with Crippen LogP contribution >= 0.6 is 0 Å². The van der Waals surface area contributed by atoms with E-state index >= 15 is 0 Å². The number of hydrazine groups is 1. The number of nitrogens with one attached hydrogen (secondary N) is 2. The zero-order valence-electron chi connectivity index (χ0n) is 15.6. The van der Waals surface area contributed by atoms with Gasteiger partial charge in [0, 0.05) is 13.0 Å². The molecule has 1 fully saturated rings. The Bertz CT molecular complexity index is 834. The number of carbonyl (C=O) groups is 3. The Kier molecular flexibility index (Phi) is 6.31. The first kappa shape index (κ1) is 19.5. The number of amides is 3. The molecule has 0 bridgehead atoms. The van der Waals surface area contributed by atoms with Crippen molar-refractivity contribution >= 4 is 17.7 Å². The van der Waals surface area contributed by atoms with Gasteiger partial charge in [0.15, 0.2) is 6.61 Å². The molecule has 2 heterocycles. The first-order valence-corrected chi connectivity index (χ1v) is 9.15. The fourth-order valence-electron chi connectivity index (χ4n) is 2.96. The molecule has 3 amide bonds. The van der Waals surface area contributed by atoms with Crippen molar-refractivity contribution in [3.63, 3.8) is 0 Å². The number of aryl methyl sites for hydroxylation is 1. The van der Waals surface area contributed by atoms with Crippen LogP contribution in [0.2, 0.25) is 0 Å². The highest BCUT2D eigenvalue weighted by atomic mass is 16.5. The van der Waals surface area contributed by atoms with Gasteiger partial charge in [0.2, 0.25) is 11.8 Å². The Labute approximate surface area is 162 Å². The monoisotopic (exact) mass is 385 g/mol. The largest absolute Gasteiger partial charge is 0.484 e. The topological polar surface area (TPSA) is 101 Å². The SMILES string of the molecule is CCc1cccc(OCC(=O)NNC(=O)C2CC(=O)N(Cc3ccco3)C2)c1. The molecular weight excluding hydrogens is 362 g/mol. The lowest BCUT2D eigenvalue weighted by Gasteiger charge is -2.15. The number of carbonyl (C=O) groups excluding carboxylic acids is 3. The van der Waals surface area contributed by atoms with E-state index in [-0.39, 0.29) is 25.5 Å². The molecule has 0 saturated carbocycles. The van der Waals surface area contributed by atoms with Gasteiger partial charge in [0.1, 0.15) is 11.5 Å². The lowest BCUT2D eigenvalue weighted by molar-refractivity contribution is -0.132. The van der Waals surface area contributed by atoms with E-state index in [1.54, 1.807) is 23.1 Å². The van der Waals surface area contributed by atoms with Crippen LogP contribution in [0.3, 0.4) is 0 Å². The molecule has 28 heavy (non-hydrogen) atoms. The minimum Gasteiger partial charge on any atom is -0.484 e. The molecule has 0 spiro atoms. The zero-order valence-corrected chi connectivity index (χ0v) is 15.6. The van der Waals surface area contributed by atoms with E-state index in [4.69, 9.17) is 9.15 Å². The summed E-state index contributed by atoms with van der Waals surface area (Å²) in [6, 6.07) is 11.0. The summed E-state index contributed by atoms with van der Waals surface area (Å²) in [6.07, 6.45) is 2.51. The van der Waals surface area contributed by atoms with Crippen molar-refractivity contribution < 1.29 is 23.5 Å². The smallest absolute Gasteiger partial charge is 0.276 e. The number of furan rings is 1. The van der Waals surface area contributed by atoms with Gasteiger partial charge in [0.05, 0.1) is 18.7 Å². The molecule has 8 nitrogen and oxygen atoms in total. The van der Waals surface area contributed by atoms with Crippen molar-refractivity contribution in [2.75, 3.05) is 13.2 Å². The Morgan fingerprint density at radius 3 is 2.86 bits per heavy atom. The highest BCUT2D eigenvalue weighted by Crippen LogP contribution is 2.20. The van der Waals surface area contributed by atoms with Crippen molar-refractivity contribution in [3.05, 3.63) is 54.0 Å². The number of benzene rings is 1. The molecule has 1 unspecified atom stereocenters. The number of likely N-dealkylation sites (tertiary alicyclic amines) is 1. The molecule has 3 rings (SSSR count). The fourth-order valence-corrected chi connectivity index (χ4v) is 2.96. The molecule has 1 atom stereocenters. The number of rotatable bonds is 7. The maximum Gasteiger partial charge on any atom is 0.276 e. The van der Waals surface area contributed by atoms with Gasteiger partial charge in [-0.05, 0) is 36.2 Å². The van der Waals surface area contributed by atoms with Crippen molar-refractivity contribution in [1.29, 1.82) is 0 Å². The second kappa shape index (κ2) is 9.07. The van der Waals surface area contributed by atoms with Crippen LogP contribution in [0.15, 0.2) is 47.1 Å². The van der Waals surface area contributed by atoms with Crippen LogP contribution in [0.25, 0.3) is 0 Å². The third-order valence-electron chi connectivity index (χ3n) is 4.51. The first-order valence-electron chi connectivity index (χ1n) is 9.15.